The van der Waals surface area contributed by atoms with Gasteiger partial charge in [-0.25, -0.2) is 0 Å². The molecule has 5 heteroatoms. The van der Waals surface area contributed by atoms with Gasteiger partial charge in [0.15, 0.2) is 0 Å². The fraction of sp³-hybridized carbons (Fsp3) is 0.300. The van der Waals surface area contributed by atoms with Gasteiger partial charge in [0.05, 0.1) is 6.61 Å². The second kappa shape index (κ2) is 4.04. The van der Waals surface area contributed by atoms with E-state index in [0.29, 0.717) is 13.0 Å². The number of hydrogen-bond donors (Lipinski definition) is 2. The predicted octanol–water partition coefficient (Wildman–Crippen LogP) is -0.0785. The van der Waals surface area contributed by atoms with Crippen molar-refractivity contribution in [2.45, 2.75) is 19.4 Å². The fourth-order valence-corrected chi connectivity index (χ4v) is 1.82. The van der Waals surface area contributed by atoms with Crippen molar-refractivity contribution in [3.8, 4) is 0 Å². The van der Waals surface area contributed by atoms with Crippen LogP contribution in [-0.4, -0.2) is 23.2 Å². The standard InChI is InChI=1S/C10H11BO4/c12-9(13)5-4-7-2-1-3-8-6-15-11(14)10(7)8/h1-3,14H,4-6H2,(H,12,13)/i6+2. The van der Waals surface area contributed by atoms with Crippen LogP contribution in [0.25, 0.3) is 0 Å². The maximum absolute atomic E-state index is 10.5. The molecule has 1 heterocycles. The fourth-order valence-electron chi connectivity index (χ4n) is 1.82. The highest BCUT2D eigenvalue weighted by Crippen LogP contribution is 2.13. The van der Waals surface area contributed by atoms with E-state index in [1.165, 1.54) is 0 Å². The number of rotatable bonds is 3. The highest BCUT2D eigenvalue weighted by Gasteiger charge is 2.29. The Hall–Kier alpha value is -1.33. The van der Waals surface area contributed by atoms with Gasteiger partial charge in [0.25, 0.3) is 0 Å². The lowest BCUT2D eigenvalue weighted by Crippen LogP contribution is -2.31. The number of hydrogen-bond acceptors (Lipinski definition) is 3. The van der Waals surface area contributed by atoms with Gasteiger partial charge in [-0.05, 0) is 23.0 Å². The molecule has 1 aliphatic heterocycles. The summed E-state index contributed by atoms with van der Waals surface area (Å²) < 4.78 is 5.08. The van der Waals surface area contributed by atoms with Crippen molar-refractivity contribution in [2.24, 2.45) is 0 Å². The Kier molecular flexibility index (Phi) is 2.75. The Morgan fingerprint density at radius 3 is 3.07 bits per heavy atom. The van der Waals surface area contributed by atoms with Crippen molar-refractivity contribution in [3.63, 3.8) is 0 Å². The molecule has 0 unspecified atom stereocenters. The van der Waals surface area contributed by atoms with Crippen molar-refractivity contribution in [2.75, 3.05) is 0 Å². The van der Waals surface area contributed by atoms with Gasteiger partial charge < -0.3 is 14.8 Å². The summed E-state index contributed by atoms with van der Waals surface area (Å²) in [4.78, 5) is 10.5. The van der Waals surface area contributed by atoms with E-state index >= 15 is 0 Å². The Balaban J connectivity index is 2.24. The van der Waals surface area contributed by atoms with Crippen molar-refractivity contribution in [1.29, 1.82) is 0 Å². The van der Waals surface area contributed by atoms with E-state index in [1.54, 1.807) is 0 Å². The van der Waals surface area contributed by atoms with Crippen LogP contribution in [0.2, 0.25) is 0 Å². The molecule has 78 valence electrons. The molecule has 0 aliphatic carbocycles. The largest absolute Gasteiger partial charge is 0.492 e. The highest BCUT2D eigenvalue weighted by atomic mass is 16.7. The molecule has 0 amide bonds. The van der Waals surface area contributed by atoms with Crippen LogP contribution in [0.1, 0.15) is 17.5 Å². The van der Waals surface area contributed by atoms with Crippen LogP contribution in [0, 0.1) is 0 Å². The zero-order chi connectivity index (χ0) is 10.8. The second-order valence-electron chi connectivity index (χ2n) is 3.55. The minimum absolute atomic E-state index is 0.0726. The number of fused-ring (bicyclic) bond motifs is 1. The third-order valence-corrected chi connectivity index (χ3v) is 2.54. The normalized spacial score (nSPS) is 14.1. The Morgan fingerprint density at radius 1 is 1.53 bits per heavy atom. The summed E-state index contributed by atoms with van der Waals surface area (Å²) in [5, 5.41) is 18.2. The number of carboxylic acids is 1. The summed E-state index contributed by atoms with van der Waals surface area (Å²) in [6.07, 6.45) is 0.502. The van der Waals surface area contributed by atoms with Gasteiger partial charge in [0.1, 0.15) is 0 Å². The summed E-state index contributed by atoms with van der Waals surface area (Å²) in [5.41, 5.74) is 2.56. The monoisotopic (exact) mass is 208 g/mol. The first kappa shape index (κ1) is 10.2. The lowest BCUT2D eigenvalue weighted by molar-refractivity contribution is -0.136. The Labute approximate surface area is 87.6 Å². The highest BCUT2D eigenvalue weighted by molar-refractivity contribution is 6.62. The van der Waals surface area contributed by atoms with Gasteiger partial charge in [0, 0.05) is 6.42 Å². The summed E-state index contributed by atoms with van der Waals surface area (Å²) >= 11 is 0. The summed E-state index contributed by atoms with van der Waals surface area (Å²) in [5.74, 6) is -0.832. The number of aryl methyl sites for hydroxylation is 1. The van der Waals surface area contributed by atoms with Crippen LogP contribution >= 0.6 is 0 Å². The molecule has 0 atom stereocenters. The van der Waals surface area contributed by atoms with Crippen LogP contribution in [-0.2, 0) is 22.5 Å². The molecule has 1 aromatic rings. The zero-order valence-electron chi connectivity index (χ0n) is 8.14. The van der Waals surface area contributed by atoms with Crippen molar-refractivity contribution < 1.29 is 19.6 Å². The molecule has 1 aliphatic rings. The van der Waals surface area contributed by atoms with Gasteiger partial charge in [-0.1, -0.05) is 18.2 Å². The molecule has 1 aromatic carbocycles. The zero-order valence-corrected chi connectivity index (χ0v) is 8.14. The van der Waals surface area contributed by atoms with Crippen LogP contribution in [0.3, 0.4) is 0 Å². The predicted molar refractivity (Wildman–Crippen MR) is 54.8 cm³/mol. The summed E-state index contributed by atoms with van der Waals surface area (Å²) in [7, 11) is -0.898. The molecule has 0 spiro atoms. The lowest BCUT2D eigenvalue weighted by atomic mass is 9.76. The molecule has 0 aromatic heterocycles. The van der Waals surface area contributed by atoms with Gasteiger partial charge in [-0.2, -0.15) is 0 Å². The van der Waals surface area contributed by atoms with Crippen molar-refractivity contribution >= 4 is 18.6 Å². The maximum atomic E-state index is 10.5. The van der Waals surface area contributed by atoms with Crippen molar-refractivity contribution in [3.05, 3.63) is 29.3 Å². The first-order valence-corrected chi connectivity index (χ1v) is 4.80. The average molecular weight is 208 g/mol. The number of aliphatic carboxylic acids is 1. The maximum Gasteiger partial charge on any atom is 0.492 e. The quantitative estimate of drug-likeness (QED) is 0.681. The van der Waals surface area contributed by atoms with Crippen LogP contribution in [0.15, 0.2) is 18.2 Å². The molecule has 2 rings (SSSR count). The molecule has 0 radical (unpaired) electrons. The average Bonchev–Trinajstić information content (AvgIpc) is 2.58. The molecule has 15 heavy (non-hydrogen) atoms. The van der Waals surface area contributed by atoms with Crippen LogP contribution in [0.4, 0.5) is 0 Å². The molecule has 0 saturated carbocycles. The Bertz CT molecular complexity index is 391. The van der Waals surface area contributed by atoms with Crippen LogP contribution < -0.4 is 5.46 Å². The minimum atomic E-state index is -0.898. The van der Waals surface area contributed by atoms with E-state index in [4.69, 9.17) is 9.76 Å². The molecular weight excluding hydrogens is 197 g/mol. The van der Waals surface area contributed by atoms with E-state index in [0.717, 1.165) is 16.6 Å². The first-order chi connectivity index (χ1) is 7.18. The molecular formula is C10H11BO4. The van der Waals surface area contributed by atoms with Gasteiger partial charge >= 0.3 is 13.1 Å². The van der Waals surface area contributed by atoms with Crippen molar-refractivity contribution in [1.82, 2.24) is 0 Å². The molecule has 0 saturated heterocycles. The molecule has 0 bridgehead atoms. The van der Waals surface area contributed by atoms with Gasteiger partial charge in [0.2, 0.25) is 0 Å². The third-order valence-electron chi connectivity index (χ3n) is 2.54. The Morgan fingerprint density at radius 2 is 2.33 bits per heavy atom. The van der Waals surface area contributed by atoms with E-state index in [1.807, 2.05) is 18.2 Å². The lowest BCUT2D eigenvalue weighted by Gasteiger charge is -2.06. The number of carbonyl (C=O) groups is 1. The van der Waals surface area contributed by atoms with Gasteiger partial charge in [-0.15, -0.1) is 0 Å². The number of benzene rings is 1. The second-order valence-corrected chi connectivity index (χ2v) is 3.55. The first-order valence-electron chi connectivity index (χ1n) is 4.80. The van der Waals surface area contributed by atoms with Gasteiger partial charge in [-0.3, -0.25) is 4.79 Å². The summed E-state index contributed by atoms with van der Waals surface area (Å²) in [6.45, 7) is 0.400. The van der Waals surface area contributed by atoms with E-state index in [9.17, 15) is 9.82 Å². The minimum Gasteiger partial charge on any atom is -0.481 e. The molecule has 2 N–H and O–H groups in total. The van der Waals surface area contributed by atoms with E-state index in [2.05, 4.69) is 0 Å². The van der Waals surface area contributed by atoms with E-state index < -0.39 is 13.1 Å². The van der Waals surface area contributed by atoms with Crippen LogP contribution in [0.5, 0.6) is 0 Å². The molecule has 0 fully saturated rings. The molecule has 4 nitrogen and oxygen atoms in total. The third kappa shape index (κ3) is 2.03. The topological polar surface area (TPSA) is 66.8 Å². The number of carboxylic acid groups (broad SMARTS) is 1. The SMILES string of the molecule is O=C(O)CCc1cccc2c1B(O)O[14CH2]2. The summed E-state index contributed by atoms with van der Waals surface area (Å²) in [6, 6.07) is 5.58. The van der Waals surface area contributed by atoms with E-state index in [-0.39, 0.29) is 6.42 Å². The smallest absolute Gasteiger partial charge is 0.481 e.